The van der Waals surface area contributed by atoms with Crippen LogP contribution >= 0.6 is 0 Å². The van der Waals surface area contributed by atoms with Crippen LogP contribution in [0.2, 0.25) is 0 Å². The highest BCUT2D eigenvalue weighted by atomic mass is 15.3. The molecule has 0 heterocycles. The molecule has 2 bridgehead atoms. The van der Waals surface area contributed by atoms with E-state index in [0.29, 0.717) is 5.41 Å². The van der Waals surface area contributed by atoms with Gasteiger partial charge in [0.15, 0.2) is 0 Å². The predicted octanol–water partition coefficient (Wildman–Crippen LogP) is 1.98. The monoisotopic (exact) mass is 238 g/mol. The van der Waals surface area contributed by atoms with Crippen molar-refractivity contribution in [2.45, 2.75) is 12.8 Å². The van der Waals surface area contributed by atoms with E-state index in [2.05, 4.69) is 54.4 Å². The number of fused-ring (bicyclic) bond motifs is 2. The van der Waals surface area contributed by atoms with Crippen LogP contribution in [-0.2, 0) is 0 Å². The van der Waals surface area contributed by atoms with Crippen molar-refractivity contribution in [2.24, 2.45) is 17.3 Å². The molecule has 2 rings (SSSR count). The van der Waals surface area contributed by atoms with E-state index in [9.17, 15) is 0 Å². The van der Waals surface area contributed by atoms with Crippen LogP contribution in [0.5, 0.6) is 0 Å². The van der Waals surface area contributed by atoms with Crippen molar-refractivity contribution >= 4 is 0 Å². The smallest absolute Gasteiger partial charge is 0.0898 e. The summed E-state index contributed by atoms with van der Waals surface area (Å²) in [5.41, 5.74) is 0.538. The Bertz CT molecular complexity index is 301. The molecule has 0 amide bonds. The third kappa shape index (κ3) is 2.92. The topological polar surface area (TPSA) is 0 Å². The van der Waals surface area contributed by atoms with E-state index in [0.717, 1.165) is 20.8 Å². The van der Waals surface area contributed by atoms with Gasteiger partial charge in [-0.3, -0.25) is 0 Å². The van der Waals surface area contributed by atoms with Crippen molar-refractivity contribution in [1.82, 2.24) is 0 Å². The Hall–Kier alpha value is -0.340. The second-order valence-corrected chi connectivity index (χ2v) is 8.45. The van der Waals surface area contributed by atoms with Crippen LogP contribution in [0.15, 0.2) is 12.2 Å². The van der Waals surface area contributed by atoms with Crippen LogP contribution in [0.4, 0.5) is 0 Å². The van der Waals surface area contributed by atoms with Gasteiger partial charge in [0.2, 0.25) is 0 Å². The number of allylic oxidation sites excluding steroid dienone is 2. The largest absolute Gasteiger partial charge is 0.330 e. The molecule has 2 nitrogen and oxygen atoms in total. The van der Waals surface area contributed by atoms with Gasteiger partial charge in [-0.25, -0.2) is 0 Å². The molecule has 2 atom stereocenters. The van der Waals surface area contributed by atoms with Gasteiger partial charge in [-0.1, -0.05) is 12.2 Å². The maximum Gasteiger partial charge on any atom is 0.0898 e. The lowest BCUT2D eigenvalue weighted by atomic mass is 9.74. The Kier molecular flexibility index (Phi) is 2.95. The van der Waals surface area contributed by atoms with Crippen LogP contribution in [0.25, 0.3) is 0 Å². The van der Waals surface area contributed by atoms with Gasteiger partial charge >= 0.3 is 0 Å². The molecule has 0 saturated heterocycles. The lowest BCUT2D eigenvalue weighted by Crippen LogP contribution is -2.55. The third-order valence-corrected chi connectivity index (χ3v) is 4.21. The van der Waals surface area contributed by atoms with Crippen LogP contribution in [0.1, 0.15) is 12.8 Å². The summed E-state index contributed by atoms with van der Waals surface area (Å²) >= 11 is 0. The molecule has 1 fully saturated rings. The van der Waals surface area contributed by atoms with Crippen molar-refractivity contribution < 1.29 is 8.97 Å². The molecule has 17 heavy (non-hydrogen) atoms. The summed E-state index contributed by atoms with van der Waals surface area (Å²) in [6, 6.07) is 0. The Morgan fingerprint density at radius 3 is 1.76 bits per heavy atom. The fourth-order valence-corrected chi connectivity index (χ4v) is 4.36. The first kappa shape index (κ1) is 13.1. The average Bonchev–Trinajstić information content (AvgIpc) is 2.54. The van der Waals surface area contributed by atoms with Crippen molar-refractivity contribution in [3.05, 3.63) is 12.2 Å². The maximum atomic E-state index is 2.51. The van der Waals surface area contributed by atoms with Crippen molar-refractivity contribution in [2.75, 3.05) is 55.4 Å². The summed E-state index contributed by atoms with van der Waals surface area (Å²) in [5, 5.41) is 0. The number of quaternary nitrogens is 2. The molecule has 0 aromatic heterocycles. The molecule has 98 valence electrons. The zero-order valence-electron chi connectivity index (χ0n) is 12.5. The van der Waals surface area contributed by atoms with Gasteiger partial charge in [-0.15, -0.1) is 0 Å². The molecule has 2 aliphatic rings. The number of rotatable bonds is 4. The van der Waals surface area contributed by atoms with E-state index < -0.39 is 0 Å². The second kappa shape index (κ2) is 3.83. The number of nitrogens with zero attached hydrogens (tertiary/aromatic N) is 2. The van der Waals surface area contributed by atoms with Crippen molar-refractivity contribution in [3.63, 3.8) is 0 Å². The van der Waals surface area contributed by atoms with Gasteiger partial charge in [0.25, 0.3) is 0 Å². The summed E-state index contributed by atoms with van der Waals surface area (Å²) in [7, 11) is 14.0. The Labute approximate surface area is 107 Å². The molecule has 0 N–H and O–H groups in total. The van der Waals surface area contributed by atoms with Crippen molar-refractivity contribution in [3.8, 4) is 0 Å². The molecule has 0 aliphatic heterocycles. The zero-order chi connectivity index (χ0) is 12.9. The average molecular weight is 238 g/mol. The highest BCUT2D eigenvalue weighted by Crippen LogP contribution is 2.53. The van der Waals surface area contributed by atoms with Crippen LogP contribution in [-0.4, -0.2) is 64.3 Å². The van der Waals surface area contributed by atoms with E-state index in [-0.39, 0.29) is 0 Å². The predicted molar refractivity (Wildman–Crippen MR) is 73.6 cm³/mol. The highest BCUT2D eigenvalue weighted by Gasteiger charge is 2.53. The van der Waals surface area contributed by atoms with Crippen LogP contribution < -0.4 is 0 Å². The first-order valence-corrected chi connectivity index (χ1v) is 6.89. The van der Waals surface area contributed by atoms with Gasteiger partial charge in [-0.2, -0.15) is 0 Å². The Morgan fingerprint density at radius 2 is 1.47 bits per heavy atom. The van der Waals surface area contributed by atoms with Gasteiger partial charge < -0.3 is 8.97 Å². The van der Waals surface area contributed by atoms with E-state index in [1.54, 1.807) is 0 Å². The molecule has 1 saturated carbocycles. The molecule has 2 aliphatic carbocycles. The standard InChI is InChI=1S/C15H30N2/c1-16(2,3)11-15(12-17(4,5)6)10-13-7-8-14(15)9-13/h7-8,13-14H,9-12H2,1-6H3/q+2. The summed E-state index contributed by atoms with van der Waals surface area (Å²) < 4.78 is 2.19. The molecular weight excluding hydrogens is 208 g/mol. The summed E-state index contributed by atoms with van der Waals surface area (Å²) in [4.78, 5) is 0. The minimum atomic E-state index is 0.538. The van der Waals surface area contributed by atoms with Gasteiger partial charge in [0, 0.05) is 0 Å². The fraction of sp³-hybridized carbons (Fsp3) is 0.867. The molecular formula is C15H30N2+2. The molecule has 0 aromatic rings. The number of hydrogen-bond acceptors (Lipinski definition) is 0. The SMILES string of the molecule is C[N+](C)(C)CC1(C[N+](C)(C)C)CC2C=CC1C2. The Balaban J connectivity index is 2.22. The van der Waals surface area contributed by atoms with E-state index in [1.807, 2.05) is 0 Å². The third-order valence-electron chi connectivity index (χ3n) is 4.21. The zero-order valence-corrected chi connectivity index (χ0v) is 12.5. The number of hydrogen-bond donors (Lipinski definition) is 0. The molecule has 0 spiro atoms. The minimum absolute atomic E-state index is 0.538. The van der Waals surface area contributed by atoms with E-state index >= 15 is 0 Å². The molecule has 0 radical (unpaired) electrons. The van der Waals surface area contributed by atoms with Crippen LogP contribution in [0.3, 0.4) is 0 Å². The summed E-state index contributed by atoms with van der Waals surface area (Å²) in [6.07, 6.45) is 7.81. The quantitative estimate of drug-likeness (QED) is 0.519. The summed E-state index contributed by atoms with van der Waals surface area (Å²) in [5.74, 6) is 1.71. The van der Waals surface area contributed by atoms with Gasteiger partial charge in [0.05, 0.1) is 60.8 Å². The molecule has 2 heteroatoms. The van der Waals surface area contributed by atoms with Crippen molar-refractivity contribution in [1.29, 1.82) is 0 Å². The first-order chi connectivity index (χ1) is 7.60. The Morgan fingerprint density at radius 1 is 0.941 bits per heavy atom. The minimum Gasteiger partial charge on any atom is -0.330 e. The van der Waals surface area contributed by atoms with Crippen LogP contribution in [0, 0.1) is 17.3 Å². The van der Waals surface area contributed by atoms with Gasteiger partial charge in [0.1, 0.15) is 0 Å². The maximum absolute atomic E-state index is 2.51. The highest BCUT2D eigenvalue weighted by molar-refractivity contribution is 5.15. The first-order valence-electron chi connectivity index (χ1n) is 6.89. The lowest BCUT2D eigenvalue weighted by molar-refractivity contribution is -0.903. The summed E-state index contributed by atoms with van der Waals surface area (Å²) in [6.45, 7) is 2.63. The lowest BCUT2D eigenvalue weighted by Gasteiger charge is -2.44. The van der Waals surface area contributed by atoms with Gasteiger partial charge in [-0.05, 0) is 24.7 Å². The van der Waals surface area contributed by atoms with E-state index in [4.69, 9.17) is 0 Å². The normalized spacial score (nSPS) is 31.2. The fourth-order valence-electron chi connectivity index (χ4n) is 4.36. The van der Waals surface area contributed by atoms with E-state index in [1.165, 1.54) is 25.9 Å². The second-order valence-electron chi connectivity index (χ2n) is 8.45. The molecule has 2 unspecified atom stereocenters. The molecule has 0 aromatic carbocycles.